The normalized spacial score (nSPS) is 30.8. The van der Waals surface area contributed by atoms with E-state index in [2.05, 4.69) is 90.1 Å². The second-order valence-electron chi connectivity index (χ2n) is 16.8. The molecule has 1 spiro atoms. The molecule has 0 heterocycles. The molecule has 0 N–H and O–H groups in total. The molecule has 5 rings (SSSR count). The molecule has 0 bridgehead atoms. The Balaban J connectivity index is 1.67. The van der Waals surface area contributed by atoms with Gasteiger partial charge in [0, 0.05) is 25.4 Å². The topological polar surface area (TPSA) is 78.9 Å². The van der Waals surface area contributed by atoms with Crippen molar-refractivity contribution >= 4 is 36.4 Å². The van der Waals surface area contributed by atoms with Crippen molar-refractivity contribution in [3.63, 3.8) is 0 Å². The Morgan fingerprint density at radius 2 is 1.43 bits per heavy atom. The molecular formula is C39H54O6Si. The molecular weight excluding hydrogens is 593 g/mol. The van der Waals surface area contributed by atoms with E-state index in [1.807, 2.05) is 32.9 Å². The maximum Gasteiger partial charge on any atom is 0.311 e. The van der Waals surface area contributed by atoms with Crippen LogP contribution in [0.15, 0.2) is 60.7 Å². The number of benzene rings is 2. The highest BCUT2D eigenvalue weighted by molar-refractivity contribution is 6.99. The SMILES string of the molecule is CC(=O)O[C@H]1[C@@H]2C(=O)CC[C@@]23[C@@H](CO[Si](c2ccccc2)(c2ccccc2)C(C)(C)C)[C@H](C)[C@@H](OC(=O)C(C)(C)C)C[C@H]3C1(C)C. The first kappa shape index (κ1) is 34.6. The van der Waals surface area contributed by atoms with Crippen LogP contribution in [-0.2, 0) is 28.3 Å². The number of ketones is 1. The van der Waals surface area contributed by atoms with Crippen molar-refractivity contribution in [3.8, 4) is 0 Å². The van der Waals surface area contributed by atoms with Crippen molar-refractivity contribution in [2.75, 3.05) is 6.61 Å². The lowest BCUT2D eigenvalue weighted by Gasteiger charge is -2.55. The van der Waals surface area contributed by atoms with Crippen molar-refractivity contribution in [1.29, 1.82) is 0 Å². The standard InChI is InChI=1S/C39H54O6Si/c1-25-29(24-43-46(37(6,7)8,27-17-13-11-14-18-27)28-19-15-12-16-20-28)39-22-21-30(41)33(39)34(44-26(2)40)38(9,10)32(39)23-31(25)45-35(42)36(3,4)5/h11-20,25,29,31-34H,21-24H2,1-10H3/t25-,29-,31-,32-,33-,34-,39-/m0/s1. The number of esters is 2. The number of Topliss-reactive ketones (excluding diaryl/α,β-unsaturated/α-hetero) is 1. The molecule has 0 saturated heterocycles. The summed E-state index contributed by atoms with van der Waals surface area (Å²) in [6.45, 7) is 20.8. The summed E-state index contributed by atoms with van der Waals surface area (Å²) in [6.07, 6.45) is 0.935. The molecule has 3 saturated carbocycles. The van der Waals surface area contributed by atoms with E-state index >= 15 is 0 Å². The number of ether oxygens (including phenoxy) is 2. The predicted molar refractivity (Wildman–Crippen MR) is 183 cm³/mol. The van der Waals surface area contributed by atoms with Gasteiger partial charge >= 0.3 is 11.9 Å². The molecule has 46 heavy (non-hydrogen) atoms. The fourth-order valence-corrected chi connectivity index (χ4v) is 14.2. The van der Waals surface area contributed by atoms with Crippen LogP contribution in [0.5, 0.6) is 0 Å². The van der Waals surface area contributed by atoms with Crippen LogP contribution in [0.25, 0.3) is 0 Å². The van der Waals surface area contributed by atoms with E-state index in [1.165, 1.54) is 17.3 Å². The first-order valence-corrected chi connectivity index (χ1v) is 19.0. The number of hydrogen-bond donors (Lipinski definition) is 0. The van der Waals surface area contributed by atoms with Crippen LogP contribution in [0.3, 0.4) is 0 Å². The largest absolute Gasteiger partial charge is 0.462 e. The van der Waals surface area contributed by atoms with E-state index in [0.29, 0.717) is 19.4 Å². The fraction of sp³-hybridized carbons (Fsp3) is 0.615. The molecule has 0 aliphatic heterocycles. The van der Waals surface area contributed by atoms with Crippen molar-refractivity contribution < 1.29 is 28.3 Å². The van der Waals surface area contributed by atoms with E-state index in [9.17, 15) is 14.4 Å². The summed E-state index contributed by atoms with van der Waals surface area (Å²) in [4.78, 5) is 39.8. The highest BCUT2D eigenvalue weighted by atomic mass is 28.4. The first-order chi connectivity index (χ1) is 21.4. The summed E-state index contributed by atoms with van der Waals surface area (Å²) in [6, 6.07) is 21.2. The zero-order valence-electron chi connectivity index (χ0n) is 29.5. The van der Waals surface area contributed by atoms with Crippen LogP contribution in [0.2, 0.25) is 5.04 Å². The van der Waals surface area contributed by atoms with Crippen LogP contribution < -0.4 is 10.4 Å². The maximum absolute atomic E-state index is 13.9. The van der Waals surface area contributed by atoms with Gasteiger partial charge in [-0.2, -0.15) is 0 Å². The van der Waals surface area contributed by atoms with Crippen LogP contribution in [-0.4, -0.2) is 44.9 Å². The molecule has 2 aromatic rings. The Hall–Kier alpha value is -2.77. The van der Waals surface area contributed by atoms with Gasteiger partial charge in [-0.1, -0.05) is 102 Å². The zero-order chi connectivity index (χ0) is 33.9. The molecule has 3 fully saturated rings. The third-order valence-corrected chi connectivity index (χ3v) is 16.8. The minimum Gasteiger partial charge on any atom is -0.462 e. The third kappa shape index (κ3) is 5.49. The lowest BCUT2D eigenvalue weighted by Crippen LogP contribution is -2.67. The zero-order valence-corrected chi connectivity index (χ0v) is 30.5. The van der Waals surface area contributed by atoms with Gasteiger partial charge in [0.05, 0.1) is 11.3 Å². The minimum absolute atomic E-state index is 0.00234. The van der Waals surface area contributed by atoms with Crippen molar-refractivity contribution in [1.82, 2.24) is 0 Å². The van der Waals surface area contributed by atoms with Crippen LogP contribution >= 0.6 is 0 Å². The molecule has 0 aromatic heterocycles. The second-order valence-corrected chi connectivity index (χ2v) is 21.1. The lowest BCUT2D eigenvalue weighted by atomic mass is 9.52. The minimum atomic E-state index is -2.91. The molecule has 3 aliphatic carbocycles. The molecule has 250 valence electrons. The average Bonchev–Trinajstić information content (AvgIpc) is 3.39. The van der Waals surface area contributed by atoms with Gasteiger partial charge in [0.25, 0.3) is 8.32 Å². The fourth-order valence-electron chi connectivity index (χ4n) is 9.66. The van der Waals surface area contributed by atoms with Crippen molar-refractivity contribution in [2.24, 2.45) is 39.9 Å². The van der Waals surface area contributed by atoms with Crippen LogP contribution in [0.1, 0.15) is 88.5 Å². The Morgan fingerprint density at radius 1 is 0.891 bits per heavy atom. The number of carbonyl (C=O) groups excluding carboxylic acids is 3. The van der Waals surface area contributed by atoms with Gasteiger partial charge in [-0.05, 0) is 72.2 Å². The van der Waals surface area contributed by atoms with Crippen LogP contribution in [0, 0.1) is 39.9 Å². The van der Waals surface area contributed by atoms with E-state index in [-0.39, 0.29) is 46.6 Å². The number of rotatable bonds is 7. The third-order valence-electron chi connectivity index (χ3n) is 11.8. The number of carbonyl (C=O) groups is 3. The van der Waals surface area contributed by atoms with Gasteiger partial charge in [-0.3, -0.25) is 14.4 Å². The van der Waals surface area contributed by atoms with Gasteiger partial charge in [0.1, 0.15) is 18.0 Å². The van der Waals surface area contributed by atoms with Crippen molar-refractivity contribution in [2.45, 2.75) is 106 Å². The highest BCUT2D eigenvalue weighted by Crippen LogP contribution is 2.71. The molecule has 0 amide bonds. The molecule has 7 atom stereocenters. The van der Waals surface area contributed by atoms with E-state index in [4.69, 9.17) is 13.9 Å². The summed E-state index contributed by atoms with van der Waals surface area (Å²) in [7, 11) is -2.91. The van der Waals surface area contributed by atoms with Crippen molar-refractivity contribution in [3.05, 3.63) is 60.7 Å². The highest BCUT2D eigenvalue weighted by Gasteiger charge is 2.74. The average molecular weight is 647 g/mol. The summed E-state index contributed by atoms with van der Waals surface area (Å²) in [5.74, 6) is -0.986. The summed E-state index contributed by atoms with van der Waals surface area (Å²) < 4.78 is 20.1. The van der Waals surface area contributed by atoms with E-state index in [0.717, 1.165) is 6.42 Å². The number of hydrogen-bond acceptors (Lipinski definition) is 6. The molecule has 0 radical (unpaired) electrons. The Kier molecular flexibility index (Phi) is 9.04. The van der Waals surface area contributed by atoms with Crippen LogP contribution in [0.4, 0.5) is 0 Å². The summed E-state index contributed by atoms with van der Waals surface area (Å²) in [5.41, 5.74) is -1.57. The maximum atomic E-state index is 13.9. The quantitative estimate of drug-likeness (QED) is 0.245. The predicted octanol–water partition coefficient (Wildman–Crippen LogP) is 6.73. The summed E-state index contributed by atoms with van der Waals surface area (Å²) >= 11 is 0. The van der Waals surface area contributed by atoms with E-state index in [1.54, 1.807) is 0 Å². The Morgan fingerprint density at radius 3 is 1.91 bits per heavy atom. The van der Waals surface area contributed by atoms with Gasteiger partial charge in [0.15, 0.2) is 0 Å². The molecule has 0 unspecified atom stereocenters. The molecule has 6 nitrogen and oxygen atoms in total. The van der Waals surface area contributed by atoms with Gasteiger partial charge in [-0.25, -0.2) is 0 Å². The Labute approximate surface area is 277 Å². The van der Waals surface area contributed by atoms with Gasteiger partial charge in [-0.15, -0.1) is 0 Å². The molecule has 7 heteroatoms. The smallest absolute Gasteiger partial charge is 0.311 e. The lowest BCUT2D eigenvalue weighted by molar-refractivity contribution is -0.178. The molecule has 2 aromatic carbocycles. The first-order valence-electron chi connectivity index (χ1n) is 17.0. The van der Waals surface area contributed by atoms with Gasteiger partial charge in [0.2, 0.25) is 0 Å². The monoisotopic (exact) mass is 646 g/mol. The summed E-state index contributed by atoms with van der Waals surface area (Å²) in [5, 5.41) is 2.18. The van der Waals surface area contributed by atoms with E-state index < -0.39 is 36.6 Å². The Bertz CT molecular complexity index is 1400. The molecule has 3 aliphatic rings. The second kappa shape index (κ2) is 12.0. The van der Waals surface area contributed by atoms with Gasteiger partial charge < -0.3 is 13.9 Å².